The number of carbonyl (C=O) groups excluding carboxylic acids is 1. The fourth-order valence-electron chi connectivity index (χ4n) is 3.20. The smallest absolute Gasteiger partial charge is 0.243 e. The highest BCUT2D eigenvalue weighted by Crippen LogP contribution is 2.40. The first kappa shape index (κ1) is 22.8. The number of carbonyl (C=O) groups is 1. The van der Waals surface area contributed by atoms with E-state index in [4.69, 9.17) is 31.1 Å². The van der Waals surface area contributed by atoms with Crippen LogP contribution in [0.4, 0.5) is 0 Å². The Morgan fingerprint density at radius 1 is 1.19 bits per heavy atom. The lowest BCUT2D eigenvalue weighted by Crippen LogP contribution is -2.17. The van der Waals surface area contributed by atoms with E-state index in [1.165, 1.54) is 13.2 Å². The van der Waals surface area contributed by atoms with Gasteiger partial charge in [0.2, 0.25) is 15.9 Å². The second-order valence-electron chi connectivity index (χ2n) is 6.73. The molecule has 0 unspecified atom stereocenters. The number of sulfonamides is 1. The van der Waals surface area contributed by atoms with Gasteiger partial charge in [0.1, 0.15) is 17.3 Å². The number of hydrogen-bond acceptors (Lipinski definition) is 6. The van der Waals surface area contributed by atoms with Crippen LogP contribution in [0, 0.1) is 0 Å². The van der Waals surface area contributed by atoms with Gasteiger partial charge in [-0.3, -0.25) is 10.0 Å². The van der Waals surface area contributed by atoms with E-state index in [1.54, 1.807) is 47.9 Å². The predicted octanol–water partition coefficient (Wildman–Crippen LogP) is 3.75. The molecular formula is C21H21ClN2O6S. The molecule has 0 aliphatic rings. The van der Waals surface area contributed by atoms with Crippen molar-refractivity contribution in [3.8, 4) is 28.2 Å². The lowest BCUT2D eigenvalue weighted by atomic mass is 10.0. The lowest BCUT2D eigenvalue weighted by molar-refractivity contribution is -0.129. The molecule has 8 nitrogen and oxygen atoms in total. The van der Waals surface area contributed by atoms with Crippen LogP contribution in [0.5, 0.6) is 5.75 Å². The van der Waals surface area contributed by atoms with E-state index in [1.807, 2.05) is 0 Å². The molecule has 0 radical (unpaired) electrons. The Labute approximate surface area is 184 Å². The van der Waals surface area contributed by atoms with E-state index in [0.29, 0.717) is 51.8 Å². The summed E-state index contributed by atoms with van der Waals surface area (Å²) in [4.78, 5) is 11.2. The average Bonchev–Trinajstić information content (AvgIpc) is 3.17. The minimum absolute atomic E-state index is 0.0390. The van der Waals surface area contributed by atoms with Gasteiger partial charge in [-0.2, -0.15) is 0 Å². The van der Waals surface area contributed by atoms with Crippen molar-refractivity contribution in [2.75, 3.05) is 7.11 Å². The fourth-order valence-corrected chi connectivity index (χ4v) is 4.21. The molecular weight excluding hydrogens is 444 g/mol. The summed E-state index contributed by atoms with van der Waals surface area (Å²) in [6.45, 7) is 0. The summed E-state index contributed by atoms with van der Waals surface area (Å²) in [6.07, 6.45) is 0.908. The highest BCUT2D eigenvalue weighted by molar-refractivity contribution is 7.89. The minimum Gasteiger partial charge on any atom is -0.495 e. The first-order valence-corrected chi connectivity index (χ1v) is 11.2. The highest BCUT2D eigenvalue weighted by Gasteiger charge is 2.22. The number of benzene rings is 2. The number of primary sulfonamides is 1. The van der Waals surface area contributed by atoms with E-state index < -0.39 is 15.9 Å². The predicted molar refractivity (Wildman–Crippen MR) is 115 cm³/mol. The molecule has 1 heterocycles. The van der Waals surface area contributed by atoms with Crippen molar-refractivity contribution >= 4 is 27.5 Å². The van der Waals surface area contributed by atoms with Gasteiger partial charge in [-0.1, -0.05) is 29.8 Å². The molecule has 0 aliphatic heterocycles. The Morgan fingerprint density at radius 2 is 1.94 bits per heavy atom. The van der Waals surface area contributed by atoms with Gasteiger partial charge in [0.05, 0.1) is 17.0 Å². The molecule has 0 fully saturated rings. The maximum Gasteiger partial charge on any atom is 0.243 e. The van der Waals surface area contributed by atoms with Crippen LogP contribution >= 0.6 is 11.6 Å². The molecule has 1 amide bonds. The molecule has 4 N–H and O–H groups in total. The third kappa shape index (κ3) is 5.26. The van der Waals surface area contributed by atoms with Gasteiger partial charge in [0.25, 0.3) is 0 Å². The van der Waals surface area contributed by atoms with Crippen molar-refractivity contribution in [3.05, 3.63) is 59.3 Å². The number of nitrogens with one attached hydrogen (secondary N) is 1. The quantitative estimate of drug-likeness (QED) is 0.343. The molecule has 0 atom stereocenters. The highest BCUT2D eigenvalue weighted by atomic mass is 35.5. The number of hydroxylamine groups is 1. The van der Waals surface area contributed by atoms with Crippen molar-refractivity contribution in [2.45, 2.75) is 24.2 Å². The molecule has 0 saturated carbocycles. The molecule has 1 aromatic heterocycles. The summed E-state index contributed by atoms with van der Waals surface area (Å²) in [5, 5.41) is 14.4. The maximum absolute atomic E-state index is 12.1. The number of nitrogens with two attached hydrogens (primary N) is 1. The van der Waals surface area contributed by atoms with Crippen molar-refractivity contribution in [3.63, 3.8) is 0 Å². The third-order valence-corrected chi connectivity index (χ3v) is 5.90. The van der Waals surface area contributed by atoms with Gasteiger partial charge >= 0.3 is 0 Å². The Kier molecular flexibility index (Phi) is 7.01. The van der Waals surface area contributed by atoms with Crippen LogP contribution in [0.15, 0.2) is 57.8 Å². The van der Waals surface area contributed by atoms with Gasteiger partial charge in [-0.15, -0.1) is 0 Å². The van der Waals surface area contributed by atoms with Crippen molar-refractivity contribution in [1.82, 2.24) is 5.48 Å². The second-order valence-corrected chi connectivity index (χ2v) is 8.67. The minimum atomic E-state index is -3.99. The van der Waals surface area contributed by atoms with E-state index in [0.717, 1.165) is 0 Å². The Bertz CT molecular complexity index is 1210. The van der Waals surface area contributed by atoms with Crippen molar-refractivity contribution in [1.29, 1.82) is 0 Å². The second kappa shape index (κ2) is 9.52. The van der Waals surface area contributed by atoms with Gasteiger partial charge in [-0.05, 0) is 36.8 Å². The standard InChI is InChI=1S/C21H21ClN2O6S/c1-29-18-10-9-13(11-17(18)22)21-16(12-14(30-21)5-4-8-20(25)24-26)15-6-2-3-7-19(15)31(23,27)28/h2-3,6-7,9-12,26H,4-5,8H2,1H3,(H,24,25)(H2,23,27,28). The van der Waals surface area contributed by atoms with Crippen LogP contribution in [-0.2, 0) is 21.2 Å². The third-order valence-electron chi connectivity index (χ3n) is 4.63. The molecule has 0 bridgehead atoms. The van der Waals surface area contributed by atoms with Crippen molar-refractivity contribution in [2.24, 2.45) is 5.14 Å². The Hall–Kier alpha value is -2.85. The first-order chi connectivity index (χ1) is 14.7. The number of halogens is 1. The number of rotatable bonds is 8. The van der Waals surface area contributed by atoms with Crippen LogP contribution < -0.4 is 15.4 Å². The largest absolute Gasteiger partial charge is 0.495 e. The maximum atomic E-state index is 12.1. The summed E-state index contributed by atoms with van der Waals surface area (Å²) >= 11 is 6.27. The number of aryl methyl sites for hydroxylation is 1. The van der Waals surface area contributed by atoms with Gasteiger partial charge in [0.15, 0.2) is 0 Å². The van der Waals surface area contributed by atoms with E-state index in [9.17, 15) is 13.2 Å². The number of methoxy groups -OCH3 is 1. The lowest BCUT2D eigenvalue weighted by Gasteiger charge is -2.09. The molecule has 164 valence electrons. The molecule has 2 aromatic carbocycles. The van der Waals surface area contributed by atoms with Gasteiger partial charge in [-0.25, -0.2) is 19.0 Å². The zero-order valence-electron chi connectivity index (χ0n) is 16.6. The van der Waals surface area contributed by atoms with E-state index >= 15 is 0 Å². The number of hydrogen-bond donors (Lipinski definition) is 3. The Morgan fingerprint density at radius 3 is 2.58 bits per heavy atom. The van der Waals surface area contributed by atoms with Crippen LogP contribution in [0.2, 0.25) is 5.02 Å². The number of amides is 1. The van der Waals surface area contributed by atoms with Crippen LogP contribution in [-0.4, -0.2) is 26.6 Å². The van der Waals surface area contributed by atoms with Gasteiger partial charge in [0, 0.05) is 29.5 Å². The molecule has 0 saturated heterocycles. The monoisotopic (exact) mass is 464 g/mol. The molecule has 0 aliphatic carbocycles. The normalized spacial score (nSPS) is 11.4. The molecule has 0 spiro atoms. The van der Waals surface area contributed by atoms with Gasteiger partial charge < -0.3 is 9.15 Å². The SMILES string of the molecule is COc1ccc(-c2oc(CCCC(=O)NO)cc2-c2ccccc2S(N)(=O)=O)cc1Cl. The number of ether oxygens (including phenoxy) is 1. The summed E-state index contributed by atoms with van der Waals surface area (Å²) in [6, 6.07) is 13.2. The molecule has 10 heteroatoms. The summed E-state index contributed by atoms with van der Waals surface area (Å²) in [5.41, 5.74) is 3.10. The summed E-state index contributed by atoms with van der Waals surface area (Å²) in [5.74, 6) is 0.918. The van der Waals surface area contributed by atoms with E-state index in [-0.39, 0.29) is 11.3 Å². The van der Waals surface area contributed by atoms with Crippen LogP contribution in [0.25, 0.3) is 22.5 Å². The van der Waals surface area contributed by atoms with Crippen molar-refractivity contribution < 1.29 is 27.6 Å². The molecule has 3 aromatic rings. The molecule has 3 rings (SSSR count). The fraction of sp³-hybridized carbons (Fsp3) is 0.190. The summed E-state index contributed by atoms with van der Waals surface area (Å²) < 4.78 is 35.5. The molecule has 31 heavy (non-hydrogen) atoms. The van der Waals surface area contributed by atoms with E-state index in [2.05, 4.69) is 0 Å². The van der Waals surface area contributed by atoms with Crippen LogP contribution in [0.3, 0.4) is 0 Å². The number of furan rings is 1. The topological polar surface area (TPSA) is 132 Å². The average molecular weight is 465 g/mol. The summed E-state index contributed by atoms with van der Waals surface area (Å²) in [7, 11) is -2.49. The zero-order chi connectivity index (χ0) is 22.6. The Balaban J connectivity index is 2.11. The first-order valence-electron chi connectivity index (χ1n) is 9.26. The zero-order valence-corrected chi connectivity index (χ0v) is 18.2. The van der Waals surface area contributed by atoms with Crippen LogP contribution in [0.1, 0.15) is 18.6 Å².